The van der Waals surface area contributed by atoms with Gasteiger partial charge in [-0.25, -0.2) is 0 Å². The summed E-state index contributed by atoms with van der Waals surface area (Å²) in [6, 6.07) is 0. The van der Waals surface area contributed by atoms with E-state index in [1.54, 1.807) is 0 Å². The van der Waals surface area contributed by atoms with Gasteiger partial charge in [-0.2, -0.15) is 0 Å². The molecule has 0 radical (unpaired) electrons. The number of hydrogen-bond donors (Lipinski definition) is 1. The number of aliphatic hydroxyl groups is 1. The van der Waals surface area contributed by atoms with Crippen LogP contribution in [-0.4, -0.2) is 11.2 Å². The molecule has 1 nitrogen and oxygen atoms in total. The zero-order valence-electron chi connectivity index (χ0n) is 9.59. The Morgan fingerprint density at radius 3 is 2.86 bits per heavy atom. The normalized spacial score (nSPS) is 27.0. The van der Waals surface area contributed by atoms with E-state index in [1.807, 2.05) is 0 Å². The van der Waals surface area contributed by atoms with Crippen molar-refractivity contribution in [1.82, 2.24) is 0 Å². The van der Waals surface area contributed by atoms with Crippen LogP contribution in [0.4, 0.5) is 0 Å². The molecule has 1 rings (SSSR count). The molecule has 0 aromatic rings. The minimum Gasteiger partial charge on any atom is -0.393 e. The van der Waals surface area contributed by atoms with Gasteiger partial charge in [0.1, 0.15) is 0 Å². The summed E-state index contributed by atoms with van der Waals surface area (Å²) in [6.07, 6.45) is 8.66. The standard InChI is InChI=1S/C13H22O/c1-10(2)5-4-6-12-7-8-13(14)11(3)9-12/h5,7,11,13-14H,4,6,8-9H2,1-3H3/t11-,13+/m0/s1. The molecule has 0 amide bonds. The van der Waals surface area contributed by atoms with Crippen LogP contribution in [0.15, 0.2) is 23.3 Å². The highest BCUT2D eigenvalue weighted by atomic mass is 16.3. The Balaban J connectivity index is 2.36. The van der Waals surface area contributed by atoms with Crippen LogP contribution in [0.2, 0.25) is 0 Å². The van der Waals surface area contributed by atoms with E-state index in [9.17, 15) is 5.11 Å². The molecule has 80 valence electrons. The average molecular weight is 194 g/mol. The fourth-order valence-electron chi connectivity index (χ4n) is 1.90. The molecule has 0 spiro atoms. The molecule has 0 heterocycles. The predicted octanol–water partition coefficient (Wildman–Crippen LogP) is 3.45. The molecule has 0 aliphatic heterocycles. The Morgan fingerprint density at radius 1 is 1.57 bits per heavy atom. The van der Waals surface area contributed by atoms with E-state index in [-0.39, 0.29) is 6.10 Å². The van der Waals surface area contributed by atoms with Crippen LogP contribution in [0.3, 0.4) is 0 Å². The lowest BCUT2D eigenvalue weighted by molar-refractivity contribution is 0.112. The first-order valence-corrected chi connectivity index (χ1v) is 5.59. The van der Waals surface area contributed by atoms with Crippen molar-refractivity contribution in [2.45, 2.75) is 52.6 Å². The molecule has 2 atom stereocenters. The molecule has 0 aromatic heterocycles. The van der Waals surface area contributed by atoms with Crippen molar-refractivity contribution in [3.63, 3.8) is 0 Å². The molecule has 0 unspecified atom stereocenters. The van der Waals surface area contributed by atoms with Crippen molar-refractivity contribution in [2.24, 2.45) is 5.92 Å². The molecule has 0 aromatic carbocycles. The van der Waals surface area contributed by atoms with Gasteiger partial charge in [-0.05, 0) is 45.4 Å². The van der Waals surface area contributed by atoms with Crippen LogP contribution < -0.4 is 0 Å². The summed E-state index contributed by atoms with van der Waals surface area (Å²) in [5, 5.41) is 9.55. The molecule has 0 bridgehead atoms. The highest BCUT2D eigenvalue weighted by molar-refractivity contribution is 5.10. The first-order chi connectivity index (χ1) is 6.59. The van der Waals surface area contributed by atoms with Gasteiger partial charge in [-0.15, -0.1) is 0 Å². The van der Waals surface area contributed by atoms with Crippen LogP contribution in [0, 0.1) is 5.92 Å². The topological polar surface area (TPSA) is 20.2 Å². The third-order valence-electron chi connectivity index (χ3n) is 2.91. The maximum absolute atomic E-state index is 9.55. The van der Waals surface area contributed by atoms with Crippen molar-refractivity contribution in [3.05, 3.63) is 23.3 Å². The summed E-state index contributed by atoms with van der Waals surface area (Å²) in [6.45, 7) is 6.42. The molecule has 0 saturated heterocycles. The van der Waals surface area contributed by atoms with E-state index >= 15 is 0 Å². The molecular formula is C13H22O. The minimum absolute atomic E-state index is 0.109. The molecule has 14 heavy (non-hydrogen) atoms. The van der Waals surface area contributed by atoms with Crippen LogP contribution in [0.1, 0.15) is 46.5 Å². The molecule has 1 aliphatic rings. The van der Waals surface area contributed by atoms with Gasteiger partial charge in [-0.1, -0.05) is 30.2 Å². The van der Waals surface area contributed by atoms with E-state index < -0.39 is 0 Å². The van der Waals surface area contributed by atoms with Crippen molar-refractivity contribution in [1.29, 1.82) is 0 Å². The average Bonchev–Trinajstić information content (AvgIpc) is 2.10. The van der Waals surface area contributed by atoms with Crippen LogP contribution >= 0.6 is 0 Å². The zero-order chi connectivity index (χ0) is 10.6. The van der Waals surface area contributed by atoms with Crippen molar-refractivity contribution in [3.8, 4) is 0 Å². The number of aliphatic hydroxyl groups excluding tert-OH is 1. The number of rotatable bonds is 3. The van der Waals surface area contributed by atoms with E-state index in [0.717, 1.165) is 19.3 Å². The Kier molecular flexibility index (Phi) is 4.40. The SMILES string of the molecule is CC(C)=CCCC1=CC[C@@H](O)[C@@H](C)C1. The second-order valence-electron chi connectivity index (χ2n) is 4.67. The highest BCUT2D eigenvalue weighted by Crippen LogP contribution is 2.26. The lowest BCUT2D eigenvalue weighted by Gasteiger charge is -2.24. The van der Waals surface area contributed by atoms with Crippen molar-refractivity contribution in [2.75, 3.05) is 0 Å². The highest BCUT2D eigenvalue weighted by Gasteiger charge is 2.18. The van der Waals surface area contributed by atoms with Gasteiger partial charge in [-0.3, -0.25) is 0 Å². The first-order valence-electron chi connectivity index (χ1n) is 5.59. The fourth-order valence-corrected chi connectivity index (χ4v) is 1.90. The maximum Gasteiger partial charge on any atom is 0.0603 e. The van der Waals surface area contributed by atoms with Gasteiger partial charge >= 0.3 is 0 Å². The van der Waals surface area contributed by atoms with Gasteiger partial charge in [0.25, 0.3) is 0 Å². The van der Waals surface area contributed by atoms with Crippen molar-refractivity contribution < 1.29 is 5.11 Å². The van der Waals surface area contributed by atoms with E-state index in [2.05, 4.69) is 32.9 Å². The van der Waals surface area contributed by atoms with Gasteiger partial charge in [0.15, 0.2) is 0 Å². The molecule has 1 heteroatoms. The smallest absolute Gasteiger partial charge is 0.0603 e. The Bertz CT molecular complexity index is 234. The fraction of sp³-hybridized carbons (Fsp3) is 0.692. The van der Waals surface area contributed by atoms with E-state index in [0.29, 0.717) is 5.92 Å². The van der Waals surface area contributed by atoms with E-state index in [4.69, 9.17) is 0 Å². The Morgan fingerprint density at radius 2 is 2.29 bits per heavy atom. The lowest BCUT2D eigenvalue weighted by Crippen LogP contribution is -2.20. The monoisotopic (exact) mass is 194 g/mol. The largest absolute Gasteiger partial charge is 0.393 e. The summed E-state index contributed by atoms with van der Waals surface area (Å²) in [5.41, 5.74) is 2.93. The third kappa shape index (κ3) is 3.67. The molecule has 0 saturated carbocycles. The maximum atomic E-state index is 9.55. The summed E-state index contributed by atoms with van der Waals surface area (Å²) in [7, 11) is 0. The Labute approximate surface area is 87.5 Å². The predicted molar refractivity (Wildman–Crippen MR) is 61.2 cm³/mol. The summed E-state index contributed by atoms with van der Waals surface area (Å²) in [5.74, 6) is 0.446. The van der Waals surface area contributed by atoms with Crippen molar-refractivity contribution >= 4 is 0 Å². The number of allylic oxidation sites excluding steroid dienone is 3. The van der Waals surface area contributed by atoms with Gasteiger partial charge in [0.2, 0.25) is 0 Å². The zero-order valence-corrected chi connectivity index (χ0v) is 9.59. The molecule has 0 fully saturated rings. The van der Waals surface area contributed by atoms with Gasteiger partial charge in [0, 0.05) is 0 Å². The quantitative estimate of drug-likeness (QED) is 0.682. The number of hydrogen-bond acceptors (Lipinski definition) is 1. The van der Waals surface area contributed by atoms with Gasteiger partial charge in [0.05, 0.1) is 6.10 Å². The third-order valence-corrected chi connectivity index (χ3v) is 2.91. The first kappa shape index (κ1) is 11.5. The lowest BCUT2D eigenvalue weighted by atomic mass is 9.86. The summed E-state index contributed by atoms with van der Waals surface area (Å²) < 4.78 is 0. The Hall–Kier alpha value is -0.560. The van der Waals surface area contributed by atoms with Crippen LogP contribution in [-0.2, 0) is 0 Å². The summed E-state index contributed by atoms with van der Waals surface area (Å²) >= 11 is 0. The summed E-state index contributed by atoms with van der Waals surface area (Å²) in [4.78, 5) is 0. The van der Waals surface area contributed by atoms with Crippen LogP contribution in [0.5, 0.6) is 0 Å². The van der Waals surface area contributed by atoms with Crippen LogP contribution in [0.25, 0.3) is 0 Å². The van der Waals surface area contributed by atoms with Gasteiger partial charge < -0.3 is 5.11 Å². The van der Waals surface area contributed by atoms with E-state index in [1.165, 1.54) is 17.6 Å². The minimum atomic E-state index is -0.109. The molecule has 1 N–H and O–H groups in total. The second kappa shape index (κ2) is 5.35. The second-order valence-corrected chi connectivity index (χ2v) is 4.67. The molecule has 1 aliphatic carbocycles. The molecular weight excluding hydrogens is 172 g/mol.